The molecule has 6 rings (SSSR count). The molecule has 10 heteroatoms. The van der Waals surface area contributed by atoms with Gasteiger partial charge in [-0.1, -0.05) is 90.5 Å². The number of fused-ring (bicyclic) bond motifs is 1. The molecule has 1 aliphatic heterocycles. The first-order chi connectivity index (χ1) is 23.8. The van der Waals surface area contributed by atoms with Gasteiger partial charge >= 0.3 is 6.18 Å². The van der Waals surface area contributed by atoms with Crippen LogP contribution in [0, 0.1) is 0 Å². The van der Waals surface area contributed by atoms with Gasteiger partial charge in [0.25, 0.3) is 0 Å². The fourth-order valence-electron chi connectivity index (χ4n) is 6.42. The summed E-state index contributed by atoms with van der Waals surface area (Å²) in [5.74, 6) is 2.79. The van der Waals surface area contributed by atoms with E-state index in [1.54, 1.807) is 6.07 Å². The van der Waals surface area contributed by atoms with E-state index in [1.165, 1.54) is 6.07 Å². The average Bonchev–Trinajstić information content (AvgIpc) is 3.53. The van der Waals surface area contributed by atoms with Gasteiger partial charge < -0.3 is 14.2 Å². The monoisotopic (exact) mass is 705 g/mol. The number of hydrogen-bond acceptors (Lipinski definition) is 4. The first kappa shape index (κ1) is 34.9. The Balaban J connectivity index is 1.18. The Hall–Kier alpha value is -3.92. The highest BCUT2D eigenvalue weighted by molar-refractivity contribution is 7.99. The maximum atomic E-state index is 13.8. The minimum Gasteiger partial charge on any atom is -0.493 e. The molecule has 0 atom stereocenters. The van der Waals surface area contributed by atoms with Crippen LogP contribution in [-0.4, -0.2) is 64.6 Å². The van der Waals surface area contributed by atoms with Crippen molar-refractivity contribution in [1.82, 2.24) is 14.4 Å². The van der Waals surface area contributed by atoms with Crippen molar-refractivity contribution in [3.05, 3.63) is 137 Å². The molecule has 1 fully saturated rings. The van der Waals surface area contributed by atoms with Gasteiger partial charge in [-0.05, 0) is 47.4 Å². The van der Waals surface area contributed by atoms with E-state index in [1.807, 2.05) is 88.1 Å². The largest absolute Gasteiger partial charge is 0.493 e. The molecule has 1 aliphatic rings. The standard InChI is InChI=1S/C39H39ClF3N3O2S/c40-38-31(14-7-15-34(38)39(41,42)43)26-44(27-33(29-10-3-1-4-11-29)30-12-5-2-6-13-30)19-9-23-48-36-17-8-16-35-32(36)18-20-46(35)28-37(47)45-21-24-49-25-22-45/h1-8,10-18,20,33H,9,19,21-28H2. The van der Waals surface area contributed by atoms with Crippen molar-refractivity contribution < 1.29 is 22.7 Å². The summed E-state index contributed by atoms with van der Waals surface area (Å²) in [6, 6.07) is 32.3. The smallest absolute Gasteiger partial charge is 0.417 e. The summed E-state index contributed by atoms with van der Waals surface area (Å²) in [5, 5.41) is 0.673. The van der Waals surface area contributed by atoms with Gasteiger partial charge in [-0.2, -0.15) is 24.9 Å². The second kappa shape index (κ2) is 16.2. The zero-order valence-electron chi connectivity index (χ0n) is 27.1. The number of amides is 1. The van der Waals surface area contributed by atoms with Crippen molar-refractivity contribution in [1.29, 1.82) is 0 Å². The van der Waals surface area contributed by atoms with E-state index in [9.17, 15) is 18.0 Å². The lowest BCUT2D eigenvalue weighted by Gasteiger charge is -2.29. The van der Waals surface area contributed by atoms with Crippen LogP contribution in [0.3, 0.4) is 0 Å². The molecule has 4 aromatic carbocycles. The van der Waals surface area contributed by atoms with Crippen LogP contribution >= 0.6 is 23.4 Å². The molecule has 256 valence electrons. The zero-order chi connectivity index (χ0) is 34.2. The van der Waals surface area contributed by atoms with Crippen molar-refractivity contribution in [3.8, 4) is 5.75 Å². The van der Waals surface area contributed by atoms with E-state index in [0.717, 1.165) is 58.4 Å². The van der Waals surface area contributed by atoms with Gasteiger partial charge in [0, 0.05) is 61.7 Å². The average molecular weight is 706 g/mol. The number of carbonyl (C=O) groups excluding carboxylic acids is 1. The van der Waals surface area contributed by atoms with Crippen molar-refractivity contribution >= 4 is 40.2 Å². The van der Waals surface area contributed by atoms with Crippen LogP contribution in [0.4, 0.5) is 13.2 Å². The molecule has 5 nitrogen and oxygen atoms in total. The van der Waals surface area contributed by atoms with Gasteiger partial charge in [0.15, 0.2) is 0 Å². The minimum atomic E-state index is -4.54. The van der Waals surface area contributed by atoms with Gasteiger partial charge in [0.1, 0.15) is 12.3 Å². The lowest BCUT2D eigenvalue weighted by Crippen LogP contribution is -2.39. The molecule has 1 amide bonds. The number of thioether (sulfide) groups is 1. The molecule has 49 heavy (non-hydrogen) atoms. The molecular formula is C39H39ClF3N3O2S. The maximum Gasteiger partial charge on any atom is 0.417 e. The third-order valence-corrected chi connectivity index (χ3v) is 10.3. The Morgan fingerprint density at radius 2 is 1.55 bits per heavy atom. The lowest BCUT2D eigenvalue weighted by molar-refractivity contribution is -0.137. The van der Waals surface area contributed by atoms with E-state index in [4.69, 9.17) is 16.3 Å². The number of ether oxygens (including phenoxy) is 1. The Morgan fingerprint density at radius 1 is 0.878 bits per heavy atom. The second-order valence-corrected chi connectivity index (χ2v) is 13.8. The van der Waals surface area contributed by atoms with E-state index in [2.05, 4.69) is 29.2 Å². The number of halogens is 4. The molecule has 0 N–H and O–H groups in total. The molecule has 0 radical (unpaired) electrons. The third kappa shape index (κ3) is 8.82. The summed E-state index contributed by atoms with van der Waals surface area (Å²) in [7, 11) is 0. The Bertz CT molecular complexity index is 1790. The van der Waals surface area contributed by atoms with E-state index in [0.29, 0.717) is 31.7 Å². The van der Waals surface area contributed by atoms with Crippen LogP contribution < -0.4 is 4.74 Å². The van der Waals surface area contributed by atoms with Gasteiger partial charge in [-0.15, -0.1) is 0 Å². The number of alkyl halides is 3. The van der Waals surface area contributed by atoms with Crippen molar-refractivity contribution in [2.24, 2.45) is 0 Å². The molecule has 0 aliphatic carbocycles. The van der Waals surface area contributed by atoms with Crippen LogP contribution in [0.5, 0.6) is 5.75 Å². The highest BCUT2D eigenvalue weighted by Crippen LogP contribution is 2.37. The van der Waals surface area contributed by atoms with Crippen LogP contribution in [0.2, 0.25) is 5.02 Å². The van der Waals surface area contributed by atoms with E-state index >= 15 is 0 Å². The molecule has 1 saturated heterocycles. The molecule has 0 bridgehead atoms. The van der Waals surface area contributed by atoms with E-state index < -0.39 is 11.7 Å². The summed E-state index contributed by atoms with van der Waals surface area (Å²) in [4.78, 5) is 17.0. The normalized spacial score (nSPS) is 13.8. The van der Waals surface area contributed by atoms with Crippen molar-refractivity contribution in [2.45, 2.75) is 31.6 Å². The quantitative estimate of drug-likeness (QED) is 0.115. The topological polar surface area (TPSA) is 37.7 Å². The number of rotatable bonds is 13. The predicted molar refractivity (Wildman–Crippen MR) is 192 cm³/mol. The summed E-state index contributed by atoms with van der Waals surface area (Å²) in [6.07, 6.45) is -1.97. The molecule has 0 spiro atoms. The number of nitrogens with zero attached hydrogens (tertiary/aromatic N) is 3. The van der Waals surface area contributed by atoms with Gasteiger partial charge in [0.05, 0.1) is 22.7 Å². The fourth-order valence-corrected chi connectivity index (χ4v) is 7.61. The maximum absolute atomic E-state index is 13.8. The third-order valence-electron chi connectivity index (χ3n) is 8.94. The second-order valence-electron chi connectivity index (χ2n) is 12.2. The summed E-state index contributed by atoms with van der Waals surface area (Å²) < 4.78 is 49.5. The molecule has 2 heterocycles. The summed E-state index contributed by atoms with van der Waals surface area (Å²) in [6.45, 7) is 3.65. The molecule has 0 unspecified atom stereocenters. The zero-order valence-corrected chi connectivity index (χ0v) is 28.7. The van der Waals surface area contributed by atoms with Crippen LogP contribution in [-0.2, 0) is 24.1 Å². The number of aromatic nitrogens is 1. The minimum absolute atomic E-state index is 0.00666. The Morgan fingerprint density at radius 3 is 2.22 bits per heavy atom. The Kier molecular flexibility index (Phi) is 11.5. The highest BCUT2D eigenvalue weighted by atomic mass is 35.5. The van der Waals surface area contributed by atoms with Crippen LogP contribution in [0.25, 0.3) is 10.9 Å². The predicted octanol–water partition coefficient (Wildman–Crippen LogP) is 8.99. The van der Waals surface area contributed by atoms with Gasteiger partial charge in [-0.25, -0.2) is 0 Å². The first-order valence-electron chi connectivity index (χ1n) is 16.5. The molecular weight excluding hydrogens is 667 g/mol. The highest BCUT2D eigenvalue weighted by Gasteiger charge is 2.34. The Labute approximate surface area is 294 Å². The van der Waals surface area contributed by atoms with Crippen molar-refractivity contribution in [3.63, 3.8) is 0 Å². The number of benzene rings is 4. The summed E-state index contributed by atoms with van der Waals surface area (Å²) >= 11 is 8.26. The van der Waals surface area contributed by atoms with Crippen LogP contribution in [0.15, 0.2) is 109 Å². The van der Waals surface area contributed by atoms with Gasteiger partial charge in [-0.3, -0.25) is 9.69 Å². The molecule has 1 aromatic heterocycles. The molecule has 0 saturated carbocycles. The number of hydrogen-bond donors (Lipinski definition) is 0. The number of carbonyl (C=O) groups is 1. The van der Waals surface area contributed by atoms with E-state index in [-0.39, 0.29) is 29.9 Å². The van der Waals surface area contributed by atoms with Crippen molar-refractivity contribution in [2.75, 3.05) is 44.3 Å². The lowest BCUT2D eigenvalue weighted by atomic mass is 9.90. The SMILES string of the molecule is O=C(Cn1ccc2c(OCCCN(Cc3cccc(C(F)(F)F)c3Cl)CC(c3ccccc3)c3ccccc3)cccc21)N1CCSCC1. The van der Waals surface area contributed by atoms with Crippen LogP contribution in [0.1, 0.15) is 34.6 Å². The first-order valence-corrected chi connectivity index (χ1v) is 18.0. The molecule has 5 aromatic rings. The summed E-state index contributed by atoms with van der Waals surface area (Å²) in [5.41, 5.74) is 2.79. The van der Waals surface area contributed by atoms with Gasteiger partial charge in [0.2, 0.25) is 5.91 Å². The fraction of sp³-hybridized carbons (Fsp3) is 0.308.